The second-order valence-corrected chi connectivity index (χ2v) is 8.04. The summed E-state index contributed by atoms with van der Waals surface area (Å²) < 4.78 is 0.661. The molecule has 3 aromatic rings. The number of hydrogen-bond donors (Lipinski definition) is 2. The van der Waals surface area contributed by atoms with Gasteiger partial charge in [0.05, 0.1) is 21.2 Å². The van der Waals surface area contributed by atoms with E-state index in [4.69, 9.17) is 0 Å². The van der Waals surface area contributed by atoms with Gasteiger partial charge in [-0.15, -0.1) is 0 Å². The van der Waals surface area contributed by atoms with Gasteiger partial charge in [-0.2, -0.15) is 0 Å². The van der Waals surface area contributed by atoms with Crippen LogP contribution in [0.3, 0.4) is 0 Å². The van der Waals surface area contributed by atoms with Crippen LogP contribution in [0.2, 0.25) is 0 Å². The molecule has 3 aromatic carbocycles. The SMILES string of the molecule is O=C(Nc1ccc([N+](=O)[O-])cc1Br)c1cccc(C(=O)Nc2ccc([N+](=O)[O-])cc2Br)c1. The second-order valence-electron chi connectivity index (χ2n) is 6.33. The van der Waals surface area contributed by atoms with Gasteiger partial charge in [-0.25, -0.2) is 0 Å². The Bertz CT molecular complexity index is 1170. The van der Waals surface area contributed by atoms with Gasteiger partial charge in [0, 0.05) is 44.3 Å². The lowest BCUT2D eigenvalue weighted by Gasteiger charge is -2.10. The van der Waals surface area contributed by atoms with Crippen molar-refractivity contribution in [3.8, 4) is 0 Å². The number of benzene rings is 3. The van der Waals surface area contributed by atoms with Gasteiger partial charge in [0.2, 0.25) is 0 Å². The van der Waals surface area contributed by atoms with E-state index in [0.717, 1.165) is 0 Å². The zero-order chi connectivity index (χ0) is 23.4. The molecule has 0 heterocycles. The molecule has 12 heteroatoms. The fourth-order valence-corrected chi connectivity index (χ4v) is 3.56. The van der Waals surface area contributed by atoms with E-state index in [1.165, 1.54) is 60.7 Å². The van der Waals surface area contributed by atoms with Crippen LogP contribution < -0.4 is 10.6 Å². The summed E-state index contributed by atoms with van der Waals surface area (Å²) in [5, 5.41) is 26.9. The number of rotatable bonds is 6. The minimum atomic E-state index is -0.554. The maximum absolute atomic E-state index is 12.6. The first kappa shape index (κ1) is 23.0. The Hall–Kier alpha value is -3.64. The zero-order valence-corrected chi connectivity index (χ0v) is 19.0. The molecule has 0 aliphatic carbocycles. The molecule has 0 radical (unpaired) electrons. The number of nitrogens with zero attached hydrogens (tertiary/aromatic N) is 2. The minimum Gasteiger partial charge on any atom is -0.321 e. The molecule has 0 atom stereocenters. The van der Waals surface area contributed by atoms with E-state index in [1.54, 1.807) is 0 Å². The predicted octanol–water partition coefficient (Wildman–Crippen LogP) is 5.53. The molecule has 10 nitrogen and oxygen atoms in total. The van der Waals surface area contributed by atoms with Crippen LogP contribution in [0.1, 0.15) is 20.7 Å². The monoisotopic (exact) mass is 562 g/mol. The zero-order valence-electron chi connectivity index (χ0n) is 15.9. The van der Waals surface area contributed by atoms with E-state index >= 15 is 0 Å². The molecule has 0 aromatic heterocycles. The fourth-order valence-electron chi connectivity index (χ4n) is 2.63. The molecule has 0 saturated heterocycles. The molecule has 0 saturated carbocycles. The fraction of sp³-hybridized carbons (Fsp3) is 0. The van der Waals surface area contributed by atoms with Crippen molar-refractivity contribution in [3.05, 3.63) is 101 Å². The van der Waals surface area contributed by atoms with Crippen LogP contribution in [0.5, 0.6) is 0 Å². The van der Waals surface area contributed by atoms with Crippen molar-refractivity contribution < 1.29 is 19.4 Å². The number of nitrogens with one attached hydrogen (secondary N) is 2. The molecule has 0 unspecified atom stereocenters. The summed E-state index contributed by atoms with van der Waals surface area (Å²) in [6, 6.07) is 13.7. The summed E-state index contributed by atoms with van der Waals surface area (Å²) in [6.45, 7) is 0. The number of non-ortho nitro benzene ring substituents is 2. The van der Waals surface area contributed by atoms with Crippen LogP contribution >= 0.6 is 31.9 Å². The number of amides is 2. The molecule has 162 valence electrons. The maximum Gasteiger partial charge on any atom is 0.270 e. The normalized spacial score (nSPS) is 10.3. The Morgan fingerprint density at radius 3 is 1.44 bits per heavy atom. The Kier molecular flexibility index (Phi) is 6.95. The maximum atomic E-state index is 12.6. The summed E-state index contributed by atoms with van der Waals surface area (Å²) in [5.41, 5.74) is 0.753. The molecule has 3 rings (SSSR count). The Morgan fingerprint density at radius 2 is 1.09 bits per heavy atom. The van der Waals surface area contributed by atoms with Crippen molar-refractivity contribution >= 4 is 66.4 Å². The number of carbonyl (C=O) groups excluding carboxylic acids is 2. The quantitative estimate of drug-likeness (QED) is 0.298. The third kappa shape index (κ3) is 5.34. The van der Waals surface area contributed by atoms with Crippen molar-refractivity contribution in [1.82, 2.24) is 0 Å². The van der Waals surface area contributed by atoms with E-state index in [1.807, 2.05) is 0 Å². The van der Waals surface area contributed by atoms with Crippen LogP contribution in [0.25, 0.3) is 0 Å². The Morgan fingerprint density at radius 1 is 0.688 bits per heavy atom. The lowest BCUT2D eigenvalue weighted by Crippen LogP contribution is -2.16. The van der Waals surface area contributed by atoms with Gasteiger partial charge in [-0.3, -0.25) is 29.8 Å². The van der Waals surface area contributed by atoms with Crippen LogP contribution in [-0.4, -0.2) is 21.7 Å². The number of anilines is 2. The van der Waals surface area contributed by atoms with Crippen LogP contribution in [0.15, 0.2) is 69.6 Å². The van der Waals surface area contributed by atoms with E-state index in [-0.39, 0.29) is 22.5 Å². The van der Waals surface area contributed by atoms with Gasteiger partial charge in [0.15, 0.2) is 0 Å². The van der Waals surface area contributed by atoms with E-state index in [0.29, 0.717) is 20.3 Å². The summed E-state index contributed by atoms with van der Waals surface area (Å²) in [7, 11) is 0. The summed E-state index contributed by atoms with van der Waals surface area (Å²) in [5.74, 6) is -1.04. The number of carbonyl (C=O) groups is 2. The number of hydrogen-bond acceptors (Lipinski definition) is 6. The topological polar surface area (TPSA) is 144 Å². The molecule has 2 N–H and O–H groups in total. The van der Waals surface area contributed by atoms with Gasteiger partial charge < -0.3 is 10.6 Å². The van der Waals surface area contributed by atoms with Crippen LogP contribution in [0, 0.1) is 20.2 Å². The van der Waals surface area contributed by atoms with Crippen molar-refractivity contribution in [3.63, 3.8) is 0 Å². The lowest BCUT2D eigenvalue weighted by molar-refractivity contribution is -0.385. The van der Waals surface area contributed by atoms with E-state index in [9.17, 15) is 29.8 Å². The number of nitro groups is 2. The average Bonchev–Trinajstić information content (AvgIpc) is 2.76. The average molecular weight is 564 g/mol. The van der Waals surface area contributed by atoms with Gasteiger partial charge in [0.25, 0.3) is 23.2 Å². The van der Waals surface area contributed by atoms with Gasteiger partial charge in [0.1, 0.15) is 0 Å². The van der Waals surface area contributed by atoms with E-state index < -0.39 is 21.7 Å². The number of halogens is 2. The van der Waals surface area contributed by atoms with Gasteiger partial charge in [-0.1, -0.05) is 6.07 Å². The molecule has 0 aliphatic heterocycles. The first-order valence-corrected chi connectivity index (χ1v) is 10.3. The van der Waals surface area contributed by atoms with Crippen molar-refractivity contribution in [2.24, 2.45) is 0 Å². The summed E-state index contributed by atoms with van der Waals surface area (Å²) in [4.78, 5) is 45.8. The highest BCUT2D eigenvalue weighted by molar-refractivity contribution is 9.11. The van der Waals surface area contributed by atoms with Crippen LogP contribution in [-0.2, 0) is 0 Å². The molecule has 0 bridgehead atoms. The highest BCUT2D eigenvalue weighted by Gasteiger charge is 2.16. The highest BCUT2D eigenvalue weighted by Crippen LogP contribution is 2.29. The van der Waals surface area contributed by atoms with Crippen molar-refractivity contribution in [2.45, 2.75) is 0 Å². The first-order chi connectivity index (χ1) is 15.2. The summed E-state index contributed by atoms with van der Waals surface area (Å²) in [6.07, 6.45) is 0. The largest absolute Gasteiger partial charge is 0.321 e. The molecule has 2 amide bonds. The molecule has 0 spiro atoms. The van der Waals surface area contributed by atoms with E-state index in [2.05, 4.69) is 42.5 Å². The first-order valence-electron chi connectivity index (χ1n) is 8.76. The molecular weight excluding hydrogens is 552 g/mol. The third-order valence-corrected chi connectivity index (χ3v) is 5.52. The molecule has 0 aliphatic rings. The Balaban J connectivity index is 1.76. The lowest BCUT2D eigenvalue weighted by atomic mass is 10.1. The number of nitro benzene ring substituents is 2. The van der Waals surface area contributed by atoms with Crippen molar-refractivity contribution in [1.29, 1.82) is 0 Å². The third-order valence-electron chi connectivity index (χ3n) is 4.21. The van der Waals surface area contributed by atoms with Gasteiger partial charge in [-0.05, 0) is 62.2 Å². The molecule has 0 fully saturated rings. The second kappa shape index (κ2) is 9.66. The highest BCUT2D eigenvalue weighted by atomic mass is 79.9. The predicted molar refractivity (Wildman–Crippen MR) is 124 cm³/mol. The van der Waals surface area contributed by atoms with Gasteiger partial charge >= 0.3 is 0 Å². The van der Waals surface area contributed by atoms with Crippen molar-refractivity contribution in [2.75, 3.05) is 10.6 Å². The molecular formula is C20H12Br2N4O6. The standard InChI is InChI=1S/C20H12Br2N4O6/c21-15-9-13(25(29)30)4-6-17(15)23-19(27)11-2-1-3-12(8-11)20(28)24-18-7-5-14(26(31)32)10-16(18)22/h1-10H,(H,23,27)(H,24,28). The van der Waals surface area contributed by atoms with Crippen LogP contribution in [0.4, 0.5) is 22.7 Å². The smallest absolute Gasteiger partial charge is 0.270 e. The minimum absolute atomic E-state index is 0.133. The Labute approximate surface area is 197 Å². The summed E-state index contributed by atoms with van der Waals surface area (Å²) >= 11 is 6.36. The molecule has 32 heavy (non-hydrogen) atoms.